The fourth-order valence-corrected chi connectivity index (χ4v) is 3.04. The third-order valence-corrected chi connectivity index (χ3v) is 3.86. The predicted octanol–water partition coefficient (Wildman–Crippen LogP) is 3.66. The monoisotopic (exact) mass is 216 g/mol. The number of allylic oxidation sites excluding steroid dienone is 12. The fraction of sp³-hybridized carbons (Fsp3) is 0.0588. The Morgan fingerprint density at radius 1 is 0.765 bits per heavy atom. The molecule has 0 aliphatic heterocycles. The topological polar surface area (TPSA) is 0 Å². The summed E-state index contributed by atoms with van der Waals surface area (Å²) in [5.74, 6) is 2.68. The van der Waals surface area contributed by atoms with Gasteiger partial charge in [-0.2, -0.15) is 24.3 Å². The molecule has 17 heavy (non-hydrogen) atoms. The van der Waals surface area contributed by atoms with Gasteiger partial charge in [0.25, 0.3) is 0 Å². The van der Waals surface area contributed by atoms with Gasteiger partial charge in [-0.1, -0.05) is 0 Å². The van der Waals surface area contributed by atoms with Crippen molar-refractivity contribution in [3.63, 3.8) is 0 Å². The van der Waals surface area contributed by atoms with Crippen LogP contribution in [0.3, 0.4) is 0 Å². The van der Waals surface area contributed by atoms with E-state index in [0.29, 0.717) is 0 Å². The highest BCUT2D eigenvalue weighted by atomic mass is 14.5. The molecule has 0 aromatic heterocycles. The van der Waals surface area contributed by atoms with Crippen molar-refractivity contribution in [3.05, 3.63) is 96.6 Å². The summed E-state index contributed by atoms with van der Waals surface area (Å²) < 4.78 is 0. The summed E-state index contributed by atoms with van der Waals surface area (Å²) in [6, 6.07) is 0. The van der Waals surface area contributed by atoms with Gasteiger partial charge in [-0.05, 0) is 0 Å². The molecule has 0 fully saturated rings. The van der Waals surface area contributed by atoms with Gasteiger partial charge < -0.3 is 0 Å². The number of hydrogen-bond donors (Lipinski definition) is 0. The Hall–Kier alpha value is -2.08. The summed E-state index contributed by atoms with van der Waals surface area (Å²) >= 11 is 0. The number of fused-ring (bicyclic) bond motifs is 4. The number of hydrogen-bond acceptors (Lipinski definition) is 0. The standard InChI is InChI=1S/C17H12/c1-3-7-15-13(5-1)9-11-17(15)12-10-14-6-2-4-8-16(14)17/h1-12H/q-4. The quantitative estimate of drug-likeness (QED) is 0.542. The van der Waals surface area contributed by atoms with Crippen LogP contribution in [0.15, 0.2) is 71.9 Å². The zero-order valence-corrected chi connectivity index (χ0v) is 9.43. The van der Waals surface area contributed by atoms with E-state index in [-0.39, 0.29) is 5.41 Å². The minimum absolute atomic E-state index is 0.00676. The van der Waals surface area contributed by atoms with E-state index in [9.17, 15) is 0 Å². The molecule has 0 N–H and O–H groups in total. The molecule has 0 unspecified atom stereocenters. The molecular formula is C17H12-4. The van der Waals surface area contributed by atoms with E-state index in [0.717, 1.165) is 0 Å². The molecular weight excluding hydrogens is 204 g/mol. The van der Waals surface area contributed by atoms with E-state index in [1.807, 2.05) is 0 Å². The summed E-state index contributed by atoms with van der Waals surface area (Å²) in [4.78, 5) is 0. The van der Waals surface area contributed by atoms with Gasteiger partial charge >= 0.3 is 0 Å². The van der Waals surface area contributed by atoms with E-state index in [1.165, 1.54) is 23.0 Å². The number of rotatable bonds is 0. The first-order valence-electron chi connectivity index (χ1n) is 5.98. The lowest BCUT2D eigenvalue weighted by Crippen LogP contribution is -2.20. The maximum atomic E-state index is 2.32. The molecule has 0 bridgehead atoms. The van der Waals surface area contributed by atoms with Gasteiger partial charge in [-0.15, -0.1) is 5.41 Å². The van der Waals surface area contributed by atoms with Gasteiger partial charge in [0.05, 0.1) is 0 Å². The van der Waals surface area contributed by atoms with E-state index >= 15 is 0 Å². The van der Waals surface area contributed by atoms with Crippen LogP contribution in [0.5, 0.6) is 0 Å². The van der Waals surface area contributed by atoms with Crippen molar-refractivity contribution in [2.45, 2.75) is 0 Å². The first-order valence-corrected chi connectivity index (χ1v) is 5.98. The fourth-order valence-electron chi connectivity index (χ4n) is 3.04. The van der Waals surface area contributed by atoms with Crippen molar-refractivity contribution in [1.29, 1.82) is 0 Å². The molecule has 0 atom stereocenters. The Labute approximate surface area is 102 Å². The Morgan fingerprint density at radius 3 is 1.82 bits per heavy atom. The average Bonchev–Trinajstić information content (AvgIpc) is 2.95. The molecule has 4 aliphatic carbocycles. The second-order valence-electron chi connectivity index (χ2n) is 4.71. The van der Waals surface area contributed by atoms with Crippen LogP contribution >= 0.6 is 0 Å². The van der Waals surface area contributed by atoms with E-state index in [1.54, 1.807) is 0 Å². The molecule has 0 heteroatoms. The van der Waals surface area contributed by atoms with Crippen LogP contribution in [0.25, 0.3) is 0 Å². The Balaban J connectivity index is 1.85. The van der Waals surface area contributed by atoms with Crippen LogP contribution in [0.1, 0.15) is 0 Å². The van der Waals surface area contributed by atoms with Crippen molar-refractivity contribution in [2.24, 2.45) is 5.41 Å². The lowest BCUT2D eigenvalue weighted by atomic mass is 9.72. The zero-order valence-electron chi connectivity index (χ0n) is 9.43. The summed E-state index contributed by atoms with van der Waals surface area (Å²) in [7, 11) is 0. The Kier molecular flexibility index (Phi) is 1.58. The van der Waals surface area contributed by atoms with E-state index in [4.69, 9.17) is 0 Å². The molecule has 0 radical (unpaired) electrons. The molecule has 0 nitrogen and oxygen atoms in total. The molecule has 0 aromatic rings. The second-order valence-corrected chi connectivity index (χ2v) is 4.71. The minimum Gasteiger partial charge on any atom is -0.253 e. The first kappa shape index (κ1) is 9.00. The molecule has 84 valence electrons. The van der Waals surface area contributed by atoms with Gasteiger partial charge in [-0.3, -0.25) is 37.1 Å². The normalized spacial score (nSPS) is 25.4. The lowest BCUT2D eigenvalue weighted by Gasteiger charge is -2.50. The molecule has 0 aromatic carbocycles. The predicted molar refractivity (Wildman–Crippen MR) is 70.2 cm³/mol. The summed E-state index contributed by atoms with van der Waals surface area (Å²) in [6.07, 6.45) is 26.4. The van der Waals surface area contributed by atoms with Crippen LogP contribution in [0.4, 0.5) is 0 Å². The minimum atomic E-state index is -0.00676. The molecule has 0 heterocycles. The summed E-state index contributed by atoms with van der Waals surface area (Å²) in [6.45, 7) is 0. The highest BCUT2D eigenvalue weighted by Gasteiger charge is 2.27. The third kappa shape index (κ3) is 1.03. The maximum Gasteiger partial charge on any atom is -0.134 e. The van der Waals surface area contributed by atoms with Gasteiger partial charge in [0.1, 0.15) is 0 Å². The van der Waals surface area contributed by atoms with Crippen LogP contribution in [0, 0.1) is 30.1 Å². The highest BCUT2D eigenvalue weighted by Crippen LogP contribution is 2.57. The molecule has 4 rings (SSSR count). The molecule has 4 aliphatic rings. The van der Waals surface area contributed by atoms with Crippen molar-refractivity contribution in [1.82, 2.24) is 0 Å². The molecule has 1 spiro atoms. The zero-order chi connectivity index (χ0) is 11.3. The van der Waals surface area contributed by atoms with E-state index < -0.39 is 0 Å². The van der Waals surface area contributed by atoms with Gasteiger partial charge in [0.2, 0.25) is 0 Å². The van der Waals surface area contributed by atoms with Crippen molar-refractivity contribution < 1.29 is 0 Å². The summed E-state index contributed by atoms with van der Waals surface area (Å²) in [5.41, 5.74) is 2.80. The molecule has 0 saturated carbocycles. The van der Waals surface area contributed by atoms with Crippen molar-refractivity contribution >= 4 is 0 Å². The third-order valence-electron chi connectivity index (χ3n) is 3.86. The maximum absolute atomic E-state index is 2.32. The van der Waals surface area contributed by atoms with Gasteiger partial charge in [0.15, 0.2) is 0 Å². The summed E-state index contributed by atoms with van der Waals surface area (Å²) in [5, 5.41) is 0. The van der Waals surface area contributed by atoms with Crippen molar-refractivity contribution in [3.8, 4) is 0 Å². The largest absolute Gasteiger partial charge is 0.253 e. The first-order chi connectivity index (χ1) is 8.40. The SMILES string of the molecule is C1=C[C-]2C=CC3(C=C[C-]4C=C[CH-]C=C43)C2=C[CH-]1. The Bertz CT molecular complexity index is 484. The van der Waals surface area contributed by atoms with E-state index in [2.05, 4.69) is 73.6 Å². The van der Waals surface area contributed by atoms with Crippen LogP contribution in [0.2, 0.25) is 0 Å². The lowest BCUT2D eigenvalue weighted by molar-refractivity contribution is 0.744. The van der Waals surface area contributed by atoms with Crippen LogP contribution < -0.4 is 0 Å². The molecule has 0 saturated heterocycles. The van der Waals surface area contributed by atoms with Gasteiger partial charge in [-0.25, -0.2) is 35.1 Å². The van der Waals surface area contributed by atoms with Crippen molar-refractivity contribution in [2.75, 3.05) is 0 Å². The average molecular weight is 216 g/mol. The van der Waals surface area contributed by atoms with Crippen LogP contribution in [-0.4, -0.2) is 0 Å². The smallest absolute Gasteiger partial charge is 0.134 e. The van der Waals surface area contributed by atoms with Crippen LogP contribution in [-0.2, 0) is 0 Å². The molecule has 0 amide bonds. The van der Waals surface area contributed by atoms with Gasteiger partial charge in [0, 0.05) is 0 Å². The Morgan fingerprint density at radius 2 is 1.29 bits per heavy atom. The highest BCUT2D eigenvalue weighted by molar-refractivity contribution is 5.71. The second kappa shape index (κ2) is 2.98.